The van der Waals surface area contributed by atoms with Gasteiger partial charge in [-0.15, -0.1) is 8.58 Å². The third-order valence-electron chi connectivity index (χ3n) is 6.27. The van der Waals surface area contributed by atoms with Crippen molar-refractivity contribution in [2.75, 3.05) is 26.0 Å². The van der Waals surface area contributed by atoms with Crippen molar-refractivity contribution in [2.24, 2.45) is 0 Å². The molecule has 0 saturated carbocycles. The molecule has 3 aromatic carbocycles. The lowest BCUT2D eigenvalue weighted by atomic mass is 9.86. The van der Waals surface area contributed by atoms with Crippen molar-refractivity contribution in [3.05, 3.63) is 99.9 Å². The molecule has 2 nitrogen and oxygen atoms in total. The molecular weight excluding hydrogens is 466 g/mol. The Hall–Kier alpha value is -2.36. The Bertz CT molecular complexity index is 1110. The third-order valence-corrected chi connectivity index (χ3v) is 7.13. The van der Waals surface area contributed by atoms with E-state index in [-0.39, 0.29) is 17.5 Å². The van der Waals surface area contributed by atoms with Crippen LogP contribution in [-0.4, -0.2) is 26.0 Å². The lowest BCUT2D eigenvalue weighted by molar-refractivity contribution is 0.289. The third kappa shape index (κ3) is 8.08. The maximum Gasteiger partial charge on any atom is 0.165 e. The van der Waals surface area contributed by atoms with E-state index < -0.39 is 11.6 Å². The molecule has 0 fully saturated rings. The molecule has 188 valence electrons. The monoisotopic (exact) mass is 501 g/mol. The molecule has 2 atom stereocenters. The highest BCUT2D eigenvalue weighted by Gasteiger charge is 2.19. The van der Waals surface area contributed by atoms with Crippen LogP contribution in [0.25, 0.3) is 0 Å². The van der Waals surface area contributed by atoms with Gasteiger partial charge in [0.1, 0.15) is 11.6 Å². The van der Waals surface area contributed by atoms with Gasteiger partial charge in [0.15, 0.2) is 11.6 Å². The van der Waals surface area contributed by atoms with Gasteiger partial charge in [0.2, 0.25) is 0 Å². The van der Waals surface area contributed by atoms with Gasteiger partial charge in [0, 0.05) is 18.5 Å². The summed E-state index contributed by atoms with van der Waals surface area (Å²) in [4.78, 5) is 0. The Morgan fingerprint density at radius 3 is 2.43 bits per heavy atom. The second-order valence-corrected chi connectivity index (χ2v) is 10.2. The average Bonchev–Trinajstić information content (AvgIpc) is 2.83. The molecule has 0 amide bonds. The van der Waals surface area contributed by atoms with Crippen molar-refractivity contribution >= 4 is 8.58 Å². The fourth-order valence-corrected chi connectivity index (χ4v) is 4.66. The number of rotatable bonds is 13. The van der Waals surface area contributed by atoms with E-state index in [9.17, 15) is 13.2 Å². The fourth-order valence-electron chi connectivity index (χ4n) is 4.13. The summed E-state index contributed by atoms with van der Waals surface area (Å²) in [6.07, 6.45) is 3.53. The molecule has 2 unspecified atom stereocenters. The van der Waals surface area contributed by atoms with E-state index in [4.69, 9.17) is 4.74 Å². The van der Waals surface area contributed by atoms with Crippen LogP contribution in [0.3, 0.4) is 0 Å². The molecule has 6 heteroatoms. The van der Waals surface area contributed by atoms with Crippen LogP contribution in [0.1, 0.15) is 53.0 Å². The zero-order valence-electron chi connectivity index (χ0n) is 20.8. The molecular formula is C29H35F3NOP. The van der Waals surface area contributed by atoms with Gasteiger partial charge in [-0.25, -0.2) is 13.2 Å². The van der Waals surface area contributed by atoms with Crippen molar-refractivity contribution in [3.63, 3.8) is 0 Å². The Morgan fingerprint density at radius 2 is 1.71 bits per heavy atom. The summed E-state index contributed by atoms with van der Waals surface area (Å²) >= 11 is 0. The van der Waals surface area contributed by atoms with Crippen LogP contribution in [0, 0.1) is 31.3 Å². The van der Waals surface area contributed by atoms with Crippen LogP contribution in [0.5, 0.6) is 5.75 Å². The Labute approximate surface area is 209 Å². The molecule has 1 N–H and O–H groups in total. The number of halogens is 3. The molecule has 3 rings (SSSR count). The summed E-state index contributed by atoms with van der Waals surface area (Å²) < 4.78 is 48.4. The van der Waals surface area contributed by atoms with Crippen molar-refractivity contribution in [3.8, 4) is 5.75 Å². The number of aryl methyl sites for hydroxylation is 2. The van der Waals surface area contributed by atoms with Gasteiger partial charge in [-0.2, -0.15) is 0 Å². The van der Waals surface area contributed by atoms with Gasteiger partial charge in [0.25, 0.3) is 0 Å². The molecule has 0 aliphatic rings. The molecule has 0 saturated heterocycles. The van der Waals surface area contributed by atoms with E-state index >= 15 is 0 Å². The zero-order chi connectivity index (χ0) is 25.2. The summed E-state index contributed by atoms with van der Waals surface area (Å²) in [5, 5.41) is 3.34. The van der Waals surface area contributed by atoms with Gasteiger partial charge in [-0.3, -0.25) is 0 Å². The van der Waals surface area contributed by atoms with E-state index in [1.54, 1.807) is 6.07 Å². The molecule has 0 aliphatic heterocycles. The van der Waals surface area contributed by atoms with Crippen molar-refractivity contribution in [2.45, 2.75) is 45.6 Å². The SMILES string of the molecule is CPCCCNCc1ccc(OCCCC(c2ccc(C)c(C)c2)c2ccc(F)cc2F)c(F)c1. The molecule has 35 heavy (non-hydrogen) atoms. The Kier molecular flexibility index (Phi) is 10.6. The van der Waals surface area contributed by atoms with Crippen LogP contribution in [-0.2, 0) is 6.54 Å². The first-order valence-corrected chi connectivity index (χ1v) is 13.9. The first-order valence-electron chi connectivity index (χ1n) is 12.2. The molecule has 0 aromatic heterocycles. The molecule has 0 bridgehead atoms. The summed E-state index contributed by atoms with van der Waals surface area (Å²) in [5.41, 5.74) is 4.59. The number of benzene rings is 3. The van der Waals surface area contributed by atoms with E-state index in [0.717, 1.165) is 49.9 Å². The quantitative estimate of drug-likeness (QED) is 0.193. The van der Waals surface area contributed by atoms with Crippen LogP contribution >= 0.6 is 8.58 Å². The van der Waals surface area contributed by atoms with Crippen LogP contribution < -0.4 is 10.1 Å². The van der Waals surface area contributed by atoms with Crippen molar-refractivity contribution in [1.29, 1.82) is 0 Å². The second kappa shape index (κ2) is 13.7. The number of hydrogen-bond donors (Lipinski definition) is 1. The summed E-state index contributed by atoms with van der Waals surface area (Å²) in [7, 11) is 0.960. The standard InChI is InChI=1S/C29H35F3NOP/c1-20-7-9-23(16-21(20)2)25(26-11-10-24(30)18-27(26)31)6-4-14-34-29-12-8-22(17-28(29)32)19-33-13-5-15-35-3/h7-12,16-18,25,33,35H,4-6,13-15,19H2,1-3H3. The van der Waals surface area contributed by atoms with E-state index in [0.29, 0.717) is 31.6 Å². The number of nitrogens with one attached hydrogen (secondary N) is 1. The van der Waals surface area contributed by atoms with E-state index in [1.165, 1.54) is 24.4 Å². The molecule has 0 aliphatic carbocycles. The predicted molar refractivity (Wildman–Crippen MR) is 141 cm³/mol. The highest BCUT2D eigenvalue weighted by Crippen LogP contribution is 2.32. The summed E-state index contributed by atoms with van der Waals surface area (Å²) in [6.45, 7) is 8.10. The van der Waals surface area contributed by atoms with Gasteiger partial charge >= 0.3 is 0 Å². The van der Waals surface area contributed by atoms with Gasteiger partial charge in [-0.1, -0.05) is 30.3 Å². The second-order valence-electron chi connectivity index (χ2n) is 8.95. The lowest BCUT2D eigenvalue weighted by Gasteiger charge is -2.20. The van der Waals surface area contributed by atoms with Crippen LogP contribution in [0.4, 0.5) is 13.2 Å². The largest absolute Gasteiger partial charge is 0.491 e. The number of ether oxygens (including phenoxy) is 1. The van der Waals surface area contributed by atoms with Gasteiger partial charge < -0.3 is 10.1 Å². The van der Waals surface area contributed by atoms with Gasteiger partial charge in [-0.05, 0) is 98.5 Å². The van der Waals surface area contributed by atoms with Gasteiger partial charge in [0.05, 0.1) is 6.61 Å². The topological polar surface area (TPSA) is 21.3 Å². The fraction of sp³-hybridized carbons (Fsp3) is 0.379. The van der Waals surface area contributed by atoms with Crippen molar-refractivity contribution < 1.29 is 17.9 Å². The van der Waals surface area contributed by atoms with Crippen molar-refractivity contribution in [1.82, 2.24) is 5.32 Å². The first-order chi connectivity index (χ1) is 16.9. The van der Waals surface area contributed by atoms with E-state index in [2.05, 4.69) is 18.0 Å². The average molecular weight is 502 g/mol. The van der Waals surface area contributed by atoms with Crippen LogP contribution in [0.15, 0.2) is 54.6 Å². The molecule has 0 heterocycles. The Morgan fingerprint density at radius 1 is 0.886 bits per heavy atom. The minimum Gasteiger partial charge on any atom is -0.491 e. The lowest BCUT2D eigenvalue weighted by Crippen LogP contribution is -2.15. The minimum atomic E-state index is -0.594. The first kappa shape index (κ1) is 27.2. The molecule has 0 radical (unpaired) electrons. The van der Waals surface area contributed by atoms with Crippen LogP contribution in [0.2, 0.25) is 0 Å². The smallest absolute Gasteiger partial charge is 0.165 e. The highest BCUT2D eigenvalue weighted by atomic mass is 31.1. The highest BCUT2D eigenvalue weighted by molar-refractivity contribution is 7.36. The summed E-state index contributed by atoms with van der Waals surface area (Å²) in [5.74, 6) is -1.56. The Balaban J connectivity index is 1.61. The maximum atomic E-state index is 14.7. The maximum absolute atomic E-state index is 14.7. The molecule has 0 spiro atoms. The number of hydrogen-bond acceptors (Lipinski definition) is 2. The normalized spacial score (nSPS) is 12.4. The molecule has 3 aromatic rings. The zero-order valence-corrected chi connectivity index (χ0v) is 21.8. The minimum absolute atomic E-state index is 0.219. The van der Waals surface area contributed by atoms with E-state index in [1.807, 2.05) is 32.0 Å². The predicted octanol–water partition coefficient (Wildman–Crippen LogP) is 7.50. The summed E-state index contributed by atoms with van der Waals surface area (Å²) in [6, 6.07) is 14.8.